The van der Waals surface area contributed by atoms with Crippen LogP contribution in [0.5, 0.6) is 0 Å². The van der Waals surface area contributed by atoms with Crippen molar-refractivity contribution in [2.75, 3.05) is 0 Å². The molecule has 0 radical (unpaired) electrons. The van der Waals surface area contributed by atoms with Crippen LogP contribution in [0.15, 0.2) is 18.2 Å². The maximum absolute atomic E-state index is 13.5. The van der Waals surface area contributed by atoms with E-state index in [4.69, 9.17) is 5.73 Å². The first-order valence-electron chi connectivity index (χ1n) is 6.08. The molecule has 2 aromatic rings. The van der Waals surface area contributed by atoms with Gasteiger partial charge in [0.05, 0.1) is 5.52 Å². The number of hydrogen-bond donors (Lipinski definition) is 2. The molecule has 0 spiro atoms. The highest BCUT2D eigenvalue weighted by Crippen LogP contribution is 2.30. The smallest absolute Gasteiger partial charge is 0.151 e. The number of nitrogens with one attached hydrogen (secondary N) is 1. The molecule has 1 fully saturated rings. The second-order valence-corrected chi connectivity index (χ2v) is 5.07. The molecule has 1 aliphatic carbocycles. The Kier molecular flexibility index (Phi) is 2.40. The van der Waals surface area contributed by atoms with Gasteiger partial charge in [0, 0.05) is 12.0 Å². The largest absolute Gasteiger partial charge is 0.342 e. The molecule has 3 nitrogen and oxygen atoms in total. The van der Waals surface area contributed by atoms with E-state index in [-0.39, 0.29) is 11.4 Å². The zero-order valence-corrected chi connectivity index (χ0v) is 9.67. The Hall–Kier alpha value is -1.42. The number of benzene rings is 1. The van der Waals surface area contributed by atoms with Crippen LogP contribution < -0.4 is 5.73 Å². The highest BCUT2D eigenvalue weighted by molar-refractivity contribution is 5.75. The van der Waals surface area contributed by atoms with E-state index in [1.165, 1.54) is 18.9 Å². The maximum atomic E-state index is 13.5. The fourth-order valence-corrected chi connectivity index (χ4v) is 2.72. The number of rotatable bonds is 2. The molecule has 1 heterocycles. The highest BCUT2D eigenvalue weighted by Gasteiger charge is 2.30. The fourth-order valence-electron chi connectivity index (χ4n) is 2.72. The summed E-state index contributed by atoms with van der Waals surface area (Å²) in [5.41, 5.74) is 7.32. The minimum Gasteiger partial charge on any atom is -0.342 e. The van der Waals surface area contributed by atoms with Gasteiger partial charge in [-0.3, -0.25) is 0 Å². The van der Waals surface area contributed by atoms with Crippen molar-refractivity contribution in [2.24, 2.45) is 5.73 Å². The van der Waals surface area contributed by atoms with Gasteiger partial charge in [0.1, 0.15) is 11.3 Å². The summed E-state index contributed by atoms with van der Waals surface area (Å²) in [4.78, 5) is 7.47. The quantitative estimate of drug-likeness (QED) is 0.837. The molecule has 0 unspecified atom stereocenters. The van der Waals surface area contributed by atoms with Crippen LogP contribution >= 0.6 is 0 Å². The SMILES string of the molecule is NC1(Cc2nc3c(F)cccc3[nH]2)CCCC1. The first kappa shape index (κ1) is 10.7. The summed E-state index contributed by atoms with van der Waals surface area (Å²) in [5.74, 6) is 0.525. The van der Waals surface area contributed by atoms with Gasteiger partial charge in [-0.25, -0.2) is 9.37 Å². The number of halogens is 1. The summed E-state index contributed by atoms with van der Waals surface area (Å²) in [6.45, 7) is 0. The summed E-state index contributed by atoms with van der Waals surface area (Å²) < 4.78 is 13.5. The van der Waals surface area contributed by atoms with Gasteiger partial charge in [-0.05, 0) is 25.0 Å². The molecule has 1 saturated carbocycles. The van der Waals surface area contributed by atoms with Crippen LogP contribution in [-0.2, 0) is 6.42 Å². The zero-order valence-electron chi connectivity index (χ0n) is 9.67. The summed E-state index contributed by atoms with van der Waals surface area (Å²) in [6, 6.07) is 4.96. The van der Waals surface area contributed by atoms with Gasteiger partial charge in [0.15, 0.2) is 5.82 Å². The predicted octanol–water partition coefficient (Wildman–Crippen LogP) is 2.52. The van der Waals surface area contributed by atoms with Gasteiger partial charge in [0.25, 0.3) is 0 Å². The Morgan fingerprint density at radius 1 is 1.35 bits per heavy atom. The summed E-state index contributed by atoms with van der Waals surface area (Å²) in [7, 11) is 0. The molecule has 0 saturated heterocycles. The van der Waals surface area contributed by atoms with Gasteiger partial charge in [-0.1, -0.05) is 18.9 Å². The maximum Gasteiger partial charge on any atom is 0.151 e. The molecular formula is C13H16FN3. The molecule has 0 atom stereocenters. The lowest BCUT2D eigenvalue weighted by Crippen LogP contribution is -2.39. The number of hydrogen-bond acceptors (Lipinski definition) is 2. The molecule has 17 heavy (non-hydrogen) atoms. The van der Waals surface area contributed by atoms with Crippen molar-refractivity contribution < 1.29 is 4.39 Å². The molecule has 90 valence electrons. The minimum absolute atomic E-state index is 0.148. The van der Waals surface area contributed by atoms with Crippen LogP contribution in [0.4, 0.5) is 4.39 Å². The predicted molar refractivity (Wildman–Crippen MR) is 65.1 cm³/mol. The topological polar surface area (TPSA) is 54.7 Å². The lowest BCUT2D eigenvalue weighted by molar-refractivity contribution is 0.428. The Labute approximate surface area is 99.2 Å². The van der Waals surface area contributed by atoms with Crippen LogP contribution in [0.25, 0.3) is 11.0 Å². The summed E-state index contributed by atoms with van der Waals surface area (Å²) in [5, 5.41) is 0. The van der Waals surface area contributed by atoms with E-state index in [0.29, 0.717) is 11.9 Å². The number of nitrogens with two attached hydrogens (primary N) is 1. The van der Waals surface area contributed by atoms with Crippen LogP contribution in [-0.4, -0.2) is 15.5 Å². The Bertz CT molecular complexity index is 541. The minimum atomic E-state index is -0.275. The Morgan fingerprint density at radius 2 is 2.12 bits per heavy atom. The summed E-state index contributed by atoms with van der Waals surface area (Å²) >= 11 is 0. The zero-order chi connectivity index (χ0) is 11.9. The number of aromatic nitrogens is 2. The van der Waals surface area contributed by atoms with Crippen molar-refractivity contribution in [3.8, 4) is 0 Å². The average molecular weight is 233 g/mol. The normalized spacial score (nSPS) is 18.9. The van der Waals surface area contributed by atoms with Crippen molar-refractivity contribution in [2.45, 2.75) is 37.6 Å². The molecule has 4 heteroatoms. The highest BCUT2D eigenvalue weighted by atomic mass is 19.1. The standard InChI is InChI=1S/C13H16FN3/c14-9-4-3-5-10-12(9)17-11(16-10)8-13(15)6-1-2-7-13/h3-5H,1-2,6-8,15H2,(H,16,17). The second kappa shape index (κ2) is 3.81. The van der Waals surface area contributed by atoms with Crippen molar-refractivity contribution in [1.82, 2.24) is 9.97 Å². The summed E-state index contributed by atoms with van der Waals surface area (Å²) in [6.07, 6.45) is 5.15. The van der Waals surface area contributed by atoms with Crippen molar-refractivity contribution in [3.05, 3.63) is 29.8 Å². The average Bonchev–Trinajstić information content (AvgIpc) is 2.86. The fraction of sp³-hybridized carbons (Fsp3) is 0.462. The molecule has 3 rings (SSSR count). The van der Waals surface area contributed by atoms with Crippen molar-refractivity contribution in [3.63, 3.8) is 0 Å². The molecule has 1 aliphatic rings. The third kappa shape index (κ3) is 1.93. The molecule has 0 bridgehead atoms. The van der Waals surface area contributed by atoms with Crippen LogP contribution in [0.1, 0.15) is 31.5 Å². The van der Waals surface area contributed by atoms with Gasteiger partial charge in [0.2, 0.25) is 0 Å². The number of imidazole rings is 1. The van der Waals surface area contributed by atoms with Crippen LogP contribution in [0.2, 0.25) is 0 Å². The van der Waals surface area contributed by atoms with Gasteiger partial charge in [-0.15, -0.1) is 0 Å². The van der Waals surface area contributed by atoms with Gasteiger partial charge >= 0.3 is 0 Å². The third-order valence-electron chi connectivity index (χ3n) is 3.63. The Morgan fingerprint density at radius 3 is 2.82 bits per heavy atom. The van der Waals surface area contributed by atoms with E-state index in [2.05, 4.69) is 9.97 Å². The lowest BCUT2D eigenvalue weighted by Gasteiger charge is -2.21. The first-order valence-corrected chi connectivity index (χ1v) is 6.08. The number of aromatic amines is 1. The van der Waals surface area contributed by atoms with E-state index in [9.17, 15) is 4.39 Å². The number of H-pyrrole nitrogens is 1. The van der Waals surface area contributed by atoms with Crippen molar-refractivity contribution in [1.29, 1.82) is 0 Å². The Balaban J connectivity index is 1.93. The van der Waals surface area contributed by atoms with Crippen LogP contribution in [0.3, 0.4) is 0 Å². The van der Waals surface area contributed by atoms with Gasteiger partial charge in [-0.2, -0.15) is 0 Å². The van der Waals surface area contributed by atoms with E-state index in [0.717, 1.165) is 24.2 Å². The van der Waals surface area contributed by atoms with Gasteiger partial charge < -0.3 is 10.7 Å². The number of nitrogens with zero attached hydrogens (tertiary/aromatic N) is 1. The molecule has 0 amide bonds. The monoisotopic (exact) mass is 233 g/mol. The lowest BCUT2D eigenvalue weighted by atomic mass is 9.94. The molecular weight excluding hydrogens is 217 g/mol. The van der Waals surface area contributed by atoms with Crippen LogP contribution in [0, 0.1) is 5.82 Å². The van der Waals surface area contributed by atoms with Crippen molar-refractivity contribution >= 4 is 11.0 Å². The second-order valence-electron chi connectivity index (χ2n) is 5.07. The van der Waals surface area contributed by atoms with E-state index < -0.39 is 0 Å². The molecule has 3 N–H and O–H groups in total. The third-order valence-corrected chi connectivity index (χ3v) is 3.63. The van der Waals surface area contributed by atoms with E-state index in [1.54, 1.807) is 6.07 Å². The van der Waals surface area contributed by atoms with E-state index in [1.807, 2.05) is 6.07 Å². The number of para-hydroxylation sites is 1. The number of fused-ring (bicyclic) bond motifs is 1. The molecule has 1 aromatic carbocycles. The molecule has 0 aliphatic heterocycles. The van der Waals surface area contributed by atoms with E-state index >= 15 is 0 Å². The molecule has 1 aromatic heterocycles. The first-order chi connectivity index (χ1) is 8.16.